The lowest BCUT2D eigenvalue weighted by Gasteiger charge is -2.30. The van der Waals surface area contributed by atoms with Crippen molar-refractivity contribution in [3.8, 4) is 0 Å². The molecule has 1 amide bonds. The van der Waals surface area contributed by atoms with Gasteiger partial charge in [-0.05, 0) is 36.0 Å². The summed E-state index contributed by atoms with van der Waals surface area (Å²) in [6, 6.07) is 18.6. The molecular formula is C19H21NO. The Labute approximate surface area is 126 Å². The van der Waals surface area contributed by atoms with Crippen LogP contribution in [0.15, 0.2) is 54.6 Å². The zero-order valence-electron chi connectivity index (χ0n) is 12.5. The van der Waals surface area contributed by atoms with E-state index >= 15 is 0 Å². The van der Waals surface area contributed by atoms with Gasteiger partial charge >= 0.3 is 0 Å². The second-order valence-corrected chi connectivity index (χ2v) is 5.82. The summed E-state index contributed by atoms with van der Waals surface area (Å²) < 4.78 is 0. The third-order valence-electron chi connectivity index (χ3n) is 4.27. The van der Waals surface area contributed by atoms with Crippen LogP contribution < -0.4 is 4.90 Å². The van der Waals surface area contributed by atoms with Crippen molar-refractivity contribution in [2.75, 3.05) is 4.90 Å². The zero-order valence-corrected chi connectivity index (χ0v) is 12.5. The van der Waals surface area contributed by atoms with Crippen LogP contribution in [-0.2, 0) is 11.3 Å². The number of fused-ring (bicyclic) bond motifs is 1. The lowest BCUT2D eigenvalue weighted by atomic mass is 9.91. The van der Waals surface area contributed by atoms with Gasteiger partial charge in [0.1, 0.15) is 0 Å². The van der Waals surface area contributed by atoms with E-state index in [1.807, 2.05) is 29.2 Å². The van der Waals surface area contributed by atoms with E-state index < -0.39 is 0 Å². The van der Waals surface area contributed by atoms with Crippen molar-refractivity contribution in [1.29, 1.82) is 0 Å². The first kappa shape index (κ1) is 13.9. The number of para-hydroxylation sites is 1. The summed E-state index contributed by atoms with van der Waals surface area (Å²) in [6.45, 7) is 2.92. The lowest BCUT2D eigenvalue weighted by Crippen LogP contribution is -2.32. The highest BCUT2D eigenvalue weighted by atomic mass is 16.2. The fraction of sp³-hybridized carbons (Fsp3) is 0.316. The Balaban J connectivity index is 2.00. The van der Waals surface area contributed by atoms with E-state index in [0.29, 0.717) is 18.9 Å². The summed E-state index contributed by atoms with van der Waals surface area (Å²) in [5.41, 5.74) is 3.55. The van der Waals surface area contributed by atoms with Crippen LogP contribution in [0.4, 0.5) is 5.69 Å². The van der Waals surface area contributed by atoms with Crippen LogP contribution in [0.2, 0.25) is 0 Å². The molecule has 2 nitrogen and oxygen atoms in total. The third kappa shape index (κ3) is 2.99. The van der Waals surface area contributed by atoms with Gasteiger partial charge in [0, 0.05) is 12.1 Å². The van der Waals surface area contributed by atoms with Gasteiger partial charge in [-0.1, -0.05) is 55.5 Å². The Kier molecular flexibility index (Phi) is 4.05. The van der Waals surface area contributed by atoms with Crippen molar-refractivity contribution in [2.24, 2.45) is 0 Å². The number of nitrogens with zero attached hydrogens (tertiary/aromatic N) is 1. The highest BCUT2D eigenvalue weighted by Gasteiger charge is 2.23. The number of hydrogen-bond donors (Lipinski definition) is 0. The second-order valence-electron chi connectivity index (χ2n) is 5.82. The van der Waals surface area contributed by atoms with Crippen molar-refractivity contribution in [3.05, 3.63) is 65.7 Å². The molecule has 21 heavy (non-hydrogen) atoms. The second kappa shape index (κ2) is 6.13. The van der Waals surface area contributed by atoms with Gasteiger partial charge in [-0.2, -0.15) is 0 Å². The third-order valence-corrected chi connectivity index (χ3v) is 4.27. The number of hydrogen-bond acceptors (Lipinski definition) is 1. The monoisotopic (exact) mass is 279 g/mol. The largest absolute Gasteiger partial charge is 0.308 e. The fourth-order valence-electron chi connectivity index (χ4n) is 3.07. The Bertz CT molecular complexity index is 620. The van der Waals surface area contributed by atoms with Crippen LogP contribution in [0.5, 0.6) is 0 Å². The van der Waals surface area contributed by atoms with E-state index in [2.05, 4.69) is 37.3 Å². The molecule has 0 bridgehead atoms. The van der Waals surface area contributed by atoms with E-state index in [1.54, 1.807) is 0 Å². The van der Waals surface area contributed by atoms with Crippen molar-refractivity contribution in [2.45, 2.75) is 38.6 Å². The maximum absolute atomic E-state index is 12.6. The first-order chi connectivity index (χ1) is 10.3. The molecule has 0 saturated heterocycles. The number of rotatable bonds is 2. The molecule has 1 heterocycles. The van der Waals surface area contributed by atoms with Crippen LogP contribution in [0.25, 0.3) is 0 Å². The summed E-state index contributed by atoms with van der Waals surface area (Å²) in [6.07, 6.45) is 2.70. The molecule has 0 N–H and O–H groups in total. The molecule has 0 fully saturated rings. The van der Waals surface area contributed by atoms with Gasteiger partial charge in [-0.15, -0.1) is 0 Å². The maximum atomic E-state index is 12.6. The lowest BCUT2D eigenvalue weighted by molar-refractivity contribution is -0.119. The number of amides is 1. The molecule has 1 unspecified atom stereocenters. The van der Waals surface area contributed by atoms with Crippen LogP contribution >= 0.6 is 0 Å². The first-order valence-corrected chi connectivity index (χ1v) is 7.69. The van der Waals surface area contributed by atoms with Crippen LogP contribution in [-0.4, -0.2) is 5.91 Å². The summed E-state index contributed by atoms with van der Waals surface area (Å²) in [5.74, 6) is 0.741. The molecule has 1 atom stereocenters. The normalized spacial score (nSPS) is 18.8. The van der Waals surface area contributed by atoms with Crippen LogP contribution in [0.3, 0.4) is 0 Å². The minimum Gasteiger partial charge on any atom is -0.308 e. The topological polar surface area (TPSA) is 20.3 Å². The Hall–Kier alpha value is -2.09. The minimum atomic E-state index is 0.234. The standard InChI is InChI=1S/C19H21NO/c1-15-8-7-13-19(21)20(14-16-9-3-2-4-10-16)18-12-6-5-11-17(15)18/h2-6,9-12,15H,7-8,13-14H2,1H3. The van der Waals surface area contributed by atoms with E-state index in [4.69, 9.17) is 0 Å². The van der Waals surface area contributed by atoms with Gasteiger partial charge in [-0.25, -0.2) is 0 Å². The highest BCUT2D eigenvalue weighted by molar-refractivity contribution is 5.94. The molecule has 1 aliphatic rings. The summed E-state index contributed by atoms with van der Waals surface area (Å²) >= 11 is 0. The summed E-state index contributed by atoms with van der Waals surface area (Å²) in [7, 11) is 0. The number of carbonyl (C=O) groups excluding carboxylic acids is 1. The van der Waals surface area contributed by atoms with Gasteiger partial charge in [-0.3, -0.25) is 4.79 Å². The van der Waals surface area contributed by atoms with Crippen LogP contribution in [0, 0.1) is 0 Å². The average molecular weight is 279 g/mol. The molecule has 0 saturated carbocycles. The Morgan fingerprint density at radius 1 is 1.05 bits per heavy atom. The van der Waals surface area contributed by atoms with E-state index in [0.717, 1.165) is 18.5 Å². The van der Waals surface area contributed by atoms with Gasteiger partial charge in [0.15, 0.2) is 0 Å². The predicted octanol–water partition coefficient (Wildman–Crippen LogP) is 4.51. The summed E-state index contributed by atoms with van der Waals surface area (Å²) in [4.78, 5) is 14.5. The van der Waals surface area contributed by atoms with Gasteiger partial charge < -0.3 is 4.90 Å². The van der Waals surface area contributed by atoms with Gasteiger partial charge in [0.25, 0.3) is 0 Å². The van der Waals surface area contributed by atoms with Gasteiger partial charge in [0.2, 0.25) is 5.91 Å². The highest BCUT2D eigenvalue weighted by Crippen LogP contribution is 2.34. The number of carbonyl (C=O) groups is 1. The molecule has 2 heteroatoms. The Morgan fingerprint density at radius 3 is 2.57 bits per heavy atom. The van der Waals surface area contributed by atoms with Gasteiger partial charge in [0.05, 0.1) is 6.54 Å². The molecule has 0 radical (unpaired) electrons. The zero-order chi connectivity index (χ0) is 14.7. The smallest absolute Gasteiger partial charge is 0.227 e. The maximum Gasteiger partial charge on any atom is 0.227 e. The molecule has 2 aromatic rings. The van der Waals surface area contributed by atoms with Crippen molar-refractivity contribution >= 4 is 11.6 Å². The molecule has 0 aliphatic carbocycles. The first-order valence-electron chi connectivity index (χ1n) is 7.69. The van der Waals surface area contributed by atoms with E-state index in [9.17, 15) is 4.79 Å². The number of benzene rings is 2. The van der Waals surface area contributed by atoms with E-state index in [1.165, 1.54) is 11.1 Å². The minimum absolute atomic E-state index is 0.234. The number of anilines is 1. The molecule has 3 rings (SSSR count). The quantitative estimate of drug-likeness (QED) is 0.792. The molecule has 108 valence electrons. The van der Waals surface area contributed by atoms with Crippen molar-refractivity contribution in [1.82, 2.24) is 0 Å². The Morgan fingerprint density at radius 2 is 1.76 bits per heavy atom. The van der Waals surface area contributed by atoms with E-state index in [-0.39, 0.29) is 5.91 Å². The molecule has 0 aromatic heterocycles. The predicted molar refractivity (Wildman–Crippen MR) is 86.3 cm³/mol. The van der Waals surface area contributed by atoms with Crippen molar-refractivity contribution in [3.63, 3.8) is 0 Å². The molecular weight excluding hydrogens is 258 g/mol. The average Bonchev–Trinajstić information content (AvgIpc) is 2.52. The molecule has 1 aliphatic heterocycles. The summed E-state index contributed by atoms with van der Waals surface area (Å²) in [5, 5.41) is 0. The van der Waals surface area contributed by atoms with Crippen LogP contribution in [0.1, 0.15) is 43.2 Å². The SMILES string of the molecule is CC1CCCC(=O)N(Cc2ccccc2)c2ccccc21. The van der Waals surface area contributed by atoms with Crippen molar-refractivity contribution < 1.29 is 4.79 Å². The molecule has 0 spiro atoms. The molecule has 2 aromatic carbocycles. The fourth-order valence-corrected chi connectivity index (χ4v) is 3.07.